The van der Waals surface area contributed by atoms with E-state index in [1.165, 1.54) is 6.07 Å². The molecule has 0 spiro atoms. The number of carbonyl (C=O) groups is 1. The third kappa shape index (κ3) is 6.26. The van der Waals surface area contributed by atoms with E-state index in [0.717, 1.165) is 32.1 Å². The van der Waals surface area contributed by atoms with E-state index in [9.17, 15) is 26.4 Å². The fourth-order valence-corrected chi connectivity index (χ4v) is 5.93. The smallest absolute Gasteiger partial charge is 0.422 e. The summed E-state index contributed by atoms with van der Waals surface area (Å²) in [6, 6.07) is 5.80. The number of carbonyl (C=O) groups excluding carboxylic acids is 1. The summed E-state index contributed by atoms with van der Waals surface area (Å²) in [7, 11) is -3.15. The molecule has 1 aromatic rings. The first-order chi connectivity index (χ1) is 14.1. The molecule has 1 saturated carbocycles. The number of hydrogen-bond donors (Lipinski definition) is 1. The van der Waals surface area contributed by atoms with Gasteiger partial charge < -0.3 is 15.0 Å². The molecule has 3 rings (SSSR count). The van der Waals surface area contributed by atoms with Crippen molar-refractivity contribution in [2.75, 3.05) is 30.0 Å². The number of sulfone groups is 1. The lowest BCUT2D eigenvalue weighted by Gasteiger charge is -2.38. The first kappa shape index (κ1) is 22.7. The van der Waals surface area contributed by atoms with Gasteiger partial charge in [0.2, 0.25) is 5.91 Å². The Kier molecular flexibility index (Phi) is 7.15. The zero-order valence-corrected chi connectivity index (χ0v) is 17.5. The largest absolute Gasteiger partial charge is 0.482 e. The van der Waals surface area contributed by atoms with Crippen molar-refractivity contribution in [3.8, 4) is 5.75 Å². The van der Waals surface area contributed by atoms with Crippen LogP contribution in [-0.4, -0.2) is 62.1 Å². The topological polar surface area (TPSA) is 75.7 Å². The highest BCUT2D eigenvalue weighted by Crippen LogP contribution is 2.30. The maximum atomic E-state index is 13.1. The van der Waals surface area contributed by atoms with Gasteiger partial charge >= 0.3 is 6.18 Å². The highest BCUT2D eigenvalue weighted by Gasteiger charge is 2.38. The second-order valence-corrected chi connectivity index (χ2v) is 10.1. The van der Waals surface area contributed by atoms with Crippen molar-refractivity contribution in [2.24, 2.45) is 0 Å². The number of nitrogens with zero attached hydrogens (tertiary/aromatic N) is 1. The first-order valence-corrected chi connectivity index (χ1v) is 12.0. The van der Waals surface area contributed by atoms with E-state index < -0.39 is 22.6 Å². The lowest BCUT2D eigenvalue weighted by Crippen LogP contribution is -2.50. The minimum absolute atomic E-state index is 0.00285. The van der Waals surface area contributed by atoms with Crippen molar-refractivity contribution in [3.05, 3.63) is 24.3 Å². The summed E-state index contributed by atoms with van der Waals surface area (Å²) in [6.45, 7) is -1.56. The molecule has 1 aliphatic heterocycles. The molecule has 6 nitrogen and oxygen atoms in total. The molecular formula is C20H27F3N2O4S. The van der Waals surface area contributed by atoms with E-state index in [4.69, 9.17) is 4.74 Å². The molecule has 1 unspecified atom stereocenters. The van der Waals surface area contributed by atoms with E-state index in [1.54, 1.807) is 23.1 Å². The highest BCUT2D eigenvalue weighted by molar-refractivity contribution is 7.91. The van der Waals surface area contributed by atoms with Crippen molar-refractivity contribution in [1.29, 1.82) is 0 Å². The molecule has 0 aromatic heterocycles. The number of anilines is 1. The summed E-state index contributed by atoms with van der Waals surface area (Å²) >= 11 is 0. The minimum Gasteiger partial charge on any atom is -0.482 e. The summed E-state index contributed by atoms with van der Waals surface area (Å²) in [5, 5.41) is 2.88. The highest BCUT2D eigenvalue weighted by atomic mass is 32.2. The van der Waals surface area contributed by atoms with Crippen LogP contribution in [0, 0.1) is 0 Å². The summed E-state index contributed by atoms with van der Waals surface area (Å²) in [5.41, 5.74) is 0.290. The van der Waals surface area contributed by atoms with Gasteiger partial charge in [0.25, 0.3) is 0 Å². The number of ether oxygens (including phenoxy) is 1. The van der Waals surface area contributed by atoms with Crippen molar-refractivity contribution < 1.29 is 31.1 Å². The van der Waals surface area contributed by atoms with E-state index in [2.05, 4.69) is 5.32 Å². The zero-order valence-electron chi connectivity index (χ0n) is 16.7. The molecule has 1 aliphatic carbocycles. The van der Waals surface area contributed by atoms with Crippen LogP contribution in [-0.2, 0) is 14.6 Å². The van der Waals surface area contributed by atoms with Crippen LogP contribution in [0.25, 0.3) is 0 Å². The molecule has 1 amide bonds. The van der Waals surface area contributed by atoms with Gasteiger partial charge in [0.15, 0.2) is 16.4 Å². The Morgan fingerprint density at radius 2 is 1.80 bits per heavy atom. The Morgan fingerprint density at radius 1 is 1.10 bits per heavy atom. The average molecular weight is 449 g/mol. The number of hydrogen-bond acceptors (Lipinski definition) is 5. The molecule has 0 radical (unpaired) electrons. The van der Waals surface area contributed by atoms with Gasteiger partial charge in [0.1, 0.15) is 5.75 Å². The van der Waals surface area contributed by atoms with Gasteiger partial charge in [-0.1, -0.05) is 31.4 Å². The Labute approximate surface area is 174 Å². The number of benzene rings is 1. The van der Waals surface area contributed by atoms with Gasteiger partial charge in [-0.05, 0) is 31.4 Å². The van der Waals surface area contributed by atoms with Gasteiger partial charge in [-0.15, -0.1) is 0 Å². The van der Waals surface area contributed by atoms with Crippen LogP contribution in [0.5, 0.6) is 5.75 Å². The lowest BCUT2D eigenvalue weighted by atomic mass is 9.93. The predicted octanol–water partition coefficient (Wildman–Crippen LogP) is 3.39. The molecule has 1 saturated heterocycles. The van der Waals surface area contributed by atoms with Crippen LogP contribution >= 0.6 is 0 Å². The molecule has 10 heteroatoms. The Hall–Kier alpha value is -1.97. The molecule has 1 aromatic carbocycles. The minimum atomic E-state index is -4.46. The van der Waals surface area contributed by atoms with Crippen LogP contribution in [0.3, 0.4) is 0 Å². The fourth-order valence-electron chi connectivity index (χ4n) is 4.22. The van der Waals surface area contributed by atoms with Crippen molar-refractivity contribution in [1.82, 2.24) is 4.90 Å². The number of rotatable bonds is 7. The van der Waals surface area contributed by atoms with Crippen molar-refractivity contribution in [3.63, 3.8) is 0 Å². The van der Waals surface area contributed by atoms with Gasteiger partial charge in [0, 0.05) is 12.1 Å². The number of para-hydroxylation sites is 2. The molecular weight excluding hydrogens is 421 g/mol. The van der Waals surface area contributed by atoms with Crippen LogP contribution in [0.4, 0.5) is 18.9 Å². The van der Waals surface area contributed by atoms with E-state index in [-0.39, 0.29) is 47.5 Å². The first-order valence-electron chi connectivity index (χ1n) is 10.2. The van der Waals surface area contributed by atoms with Crippen molar-refractivity contribution >= 4 is 21.4 Å². The summed E-state index contributed by atoms with van der Waals surface area (Å²) in [6.07, 6.45) is 0.736. The van der Waals surface area contributed by atoms with Crippen LogP contribution < -0.4 is 10.1 Å². The molecule has 1 N–H and O–H groups in total. The fraction of sp³-hybridized carbons (Fsp3) is 0.650. The number of halogens is 3. The van der Waals surface area contributed by atoms with Gasteiger partial charge in [-0.25, -0.2) is 8.42 Å². The second-order valence-electron chi connectivity index (χ2n) is 7.90. The van der Waals surface area contributed by atoms with Gasteiger partial charge in [-0.3, -0.25) is 4.79 Å². The molecule has 1 heterocycles. The quantitative estimate of drug-likeness (QED) is 0.692. The maximum Gasteiger partial charge on any atom is 0.422 e. The third-order valence-electron chi connectivity index (χ3n) is 5.57. The molecule has 0 bridgehead atoms. The van der Waals surface area contributed by atoms with Gasteiger partial charge in [-0.2, -0.15) is 13.2 Å². The number of alkyl halides is 3. The third-order valence-corrected chi connectivity index (χ3v) is 7.32. The zero-order chi connectivity index (χ0) is 21.8. The van der Waals surface area contributed by atoms with E-state index in [0.29, 0.717) is 6.42 Å². The average Bonchev–Trinajstić information content (AvgIpc) is 3.05. The van der Waals surface area contributed by atoms with E-state index >= 15 is 0 Å². The normalized spacial score (nSPS) is 21.9. The number of nitrogens with one attached hydrogen (secondary N) is 1. The predicted molar refractivity (Wildman–Crippen MR) is 107 cm³/mol. The SMILES string of the molecule is O=C(CNc1ccccc1OCC(F)(F)F)N(C1CCCCC1)C1CCS(=O)(=O)C1. The monoisotopic (exact) mass is 448 g/mol. The summed E-state index contributed by atoms with van der Waals surface area (Å²) in [5.74, 6) is -0.180. The van der Waals surface area contributed by atoms with Crippen LogP contribution in [0.2, 0.25) is 0 Å². The summed E-state index contributed by atoms with van der Waals surface area (Å²) in [4.78, 5) is 14.8. The standard InChI is InChI=1S/C20H27F3N2O4S/c21-20(22,23)14-29-18-9-5-4-8-17(18)24-12-19(26)25(15-6-2-1-3-7-15)16-10-11-30(27,28)13-16/h4-5,8-9,15-16,24H,1-3,6-7,10-14H2. The number of amides is 1. The lowest BCUT2D eigenvalue weighted by molar-refractivity contribution is -0.153. The van der Waals surface area contributed by atoms with Gasteiger partial charge in [0.05, 0.1) is 23.7 Å². The molecule has 2 aliphatic rings. The Balaban J connectivity index is 1.69. The molecule has 30 heavy (non-hydrogen) atoms. The van der Waals surface area contributed by atoms with Crippen molar-refractivity contribution in [2.45, 2.75) is 56.8 Å². The summed E-state index contributed by atoms with van der Waals surface area (Å²) < 4.78 is 66.2. The van der Waals surface area contributed by atoms with Crippen LogP contribution in [0.15, 0.2) is 24.3 Å². The van der Waals surface area contributed by atoms with E-state index in [1.807, 2.05) is 0 Å². The Morgan fingerprint density at radius 3 is 2.43 bits per heavy atom. The molecule has 2 fully saturated rings. The Bertz CT molecular complexity index is 839. The van der Waals surface area contributed by atoms with Crippen LogP contribution in [0.1, 0.15) is 38.5 Å². The second kappa shape index (κ2) is 9.45. The maximum absolute atomic E-state index is 13.1. The molecule has 1 atom stereocenters. The molecule has 168 valence electrons.